The Hall–Kier alpha value is -3.21. The van der Waals surface area contributed by atoms with E-state index in [0.29, 0.717) is 11.6 Å². The van der Waals surface area contributed by atoms with Gasteiger partial charge in [-0.3, -0.25) is 5.43 Å². The zero-order valence-corrected chi connectivity index (χ0v) is 15.2. The second-order valence-electron chi connectivity index (χ2n) is 6.03. The average molecular weight is 346 g/mol. The molecule has 26 heavy (non-hydrogen) atoms. The fraction of sp³-hybridized carbons (Fsp3) is 0.190. The first-order valence-electron chi connectivity index (χ1n) is 8.47. The van der Waals surface area contributed by atoms with Crippen molar-refractivity contribution in [3.8, 4) is 17.0 Å². The monoisotopic (exact) mass is 346 g/mol. The first kappa shape index (κ1) is 17.6. The van der Waals surface area contributed by atoms with Crippen molar-refractivity contribution in [3.63, 3.8) is 0 Å². The van der Waals surface area contributed by atoms with E-state index in [1.807, 2.05) is 43.5 Å². The van der Waals surface area contributed by atoms with Crippen LogP contribution in [0.25, 0.3) is 11.3 Å². The number of hydrogen-bond donors (Lipinski definition) is 1. The van der Waals surface area contributed by atoms with Gasteiger partial charge in [-0.2, -0.15) is 5.10 Å². The summed E-state index contributed by atoms with van der Waals surface area (Å²) >= 11 is 0. The smallest absolute Gasteiger partial charge is 0.150 e. The summed E-state index contributed by atoms with van der Waals surface area (Å²) in [7, 11) is 1.65. The lowest BCUT2D eigenvalue weighted by Crippen LogP contribution is -1.99. The molecule has 1 heterocycles. The van der Waals surface area contributed by atoms with E-state index < -0.39 is 0 Å². The molecule has 0 saturated heterocycles. The van der Waals surface area contributed by atoms with Gasteiger partial charge < -0.3 is 4.74 Å². The summed E-state index contributed by atoms with van der Waals surface area (Å²) in [5, 5.41) is 4.28. The second-order valence-corrected chi connectivity index (χ2v) is 6.03. The van der Waals surface area contributed by atoms with Gasteiger partial charge in [-0.1, -0.05) is 42.0 Å². The van der Waals surface area contributed by atoms with Gasteiger partial charge in [-0.05, 0) is 31.5 Å². The molecular weight excluding hydrogens is 324 g/mol. The second kappa shape index (κ2) is 8.25. The number of hydrazone groups is 1. The molecular formula is C21H22N4O. The van der Waals surface area contributed by atoms with Gasteiger partial charge in [0.15, 0.2) is 0 Å². The van der Waals surface area contributed by atoms with Crippen LogP contribution in [0.2, 0.25) is 0 Å². The molecule has 3 aromatic rings. The van der Waals surface area contributed by atoms with Crippen molar-refractivity contribution in [2.45, 2.75) is 20.3 Å². The Balaban J connectivity index is 1.71. The molecule has 0 saturated carbocycles. The number of hydrogen-bond acceptors (Lipinski definition) is 5. The van der Waals surface area contributed by atoms with Crippen LogP contribution in [0.1, 0.15) is 17.0 Å². The topological polar surface area (TPSA) is 59.4 Å². The van der Waals surface area contributed by atoms with Crippen molar-refractivity contribution < 1.29 is 4.74 Å². The number of methoxy groups -OCH3 is 1. The molecule has 132 valence electrons. The third kappa shape index (κ3) is 4.66. The maximum Gasteiger partial charge on any atom is 0.150 e. The predicted molar refractivity (Wildman–Crippen MR) is 106 cm³/mol. The van der Waals surface area contributed by atoms with Crippen LogP contribution in [0.4, 0.5) is 5.82 Å². The van der Waals surface area contributed by atoms with E-state index >= 15 is 0 Å². The van der Waals surface area contributed by atoms with Crippen molar-refractivity contribution in [1.29, 1.82) is 0 Å². The van der Waals surface area contributed by atoms with Crippen molar-refractivity contribution in [3.05, 3.63) is 71.5 Å². The molecule has 0 atom stereocenters. The molecule has 0 aliphatic heterocycles. The highest BCUT2D eigenvalue weighted by atomic mass is 16.5. The van der Waals surface area contributed by atoms with E-state index in [1.165, 1.54) is 11.1 Å². The normalized spacial score (nSPS) is 10.9. The summed E-state index contributed by atoms with van der Waals surface area (Å²) in [6, 6.07) is 18.1. The van der Waals surface area contributed by atoms with E-state index in [1.54, 1.807) is 7.11 Å². The van der Waals surface area contributed by atoms with Crippen molar-refractivity contribution in [2.24, 2.45) is 5.10 Å². The Morgan fingerprint density at radius 1 is 1.04 bits per heavy atom. The maximum atomic E-state index is 5.28. The molecule has 1 aromatic heterocycles. The van der Waals surface area contributed by atoms with E-state index in [4.69, 9.17) is 4.74 Å². The van der Waals surface area contributed by atoms with Gasteiger partial charge in [0.05, 0.1) is 12.8 Å². The Bertz CT molecular complexity index is 904. The number of anilines is 1. The molecule has 0 radical (unpaired) electrons. The highest BCUT2D eigenvalue weighted by Gasteiger charge is 2.05. The third-order valence-corrected chi connectivity index (χ3v) is 3.92. The van der Waals surface area contributed by atoms with E-state index in [9.17, 15) is 0 Å². The van der Waals surface area contributed by atoms with Crippen molar-refractivity contribution in [2.75, 3.05) is 12.5 Å². The van der Waals surface area contributed by atoms with Crippen molar-refractivity contribution in [1.82, 2.24) is 9.97 Å². The molecule has 2 aromatic carbocycles. The lowest BCUT2D eigenvalue weighted by molar-refractivity contribution is 0.415. The lowest BCUT2D eigenvalue weighted by Gasteiger charge is -2.07. The van der Waals surface area contributed by atoms with Crippen LogP contribution in [-0.4, -0.2) is 23.3 Å². The molecule has 0 unspecified atom stereocenters. The number of benzene rings is 2. The lowest BCUT2D eigenvalue weighted by atomic mass is 10.1. The molecule has 0 aliphatic rings. The molecule has 1 N–H and O–H groups in total. The van der Waals surface area contributed by atoms with Crippen LogP contribution in [0.15, 0.2) is 59.7 Å². The highest BCUT2D eigenvalue weighted by molar-refractivity contribution is 5.66. The van der Waals surface area contributed by atoms with Crippen LogP contribution >= 0.6 is 0 Å². The number of nitrogens with one attached hydrogen (secondary N) is 1. The van der Waals surface area contributed by atoms with Gasteiger partial charge in [-0.25, -0.2) is 9.97 Å². The molecule has 5 nitrogen and oxygen atoms in total. The molecule has 0 spiro atoms. The highest BCUT2D eigenvalue weighted by Crippen LogP contribution is 2.23. The molecule has 5 heteroatoms. The first-order valence-corrected chi connectivity index (χ1v) is 8.47. The fourth-order valence-corrected chi connectivity index (χ4v) is 2.54. The van der Waals surface area contributed by atoms with Crippen LogP contribution in [0.3, 0.4) is 0 Å². The number of ether oxygens (including phenoxy) is 1. The molecule has 3 rings (SSSR count). The van der Waals surface area contributed by atoms with Crippen LogP contribution in [0, 0.1) is 13.8 Å². The third-order valence-electron chi connectivity index (χ3n) is 3.92. The summed E-state index contributed by atoms with van der Waals surface area (Å²) in [5.41, 5.74) is 7.27. The van der Waals surface area contributed by atoms with Gasteiger partial charge in [0.2, 0.25) is 0 Å². The average Bonchev–Trinajstić information content (AvgIpc) is 2.66. The molecule has 0 fully saturated rings. The zero-order chi connectivity index (χ0) is 18.4. The quantitative estimate of drug-likeness (QED) is 0.530. The standard InChI is InChI=1S/C21H22N4O/c1-15-7-9-17(10-8-15)11-12-22-25-21-14-20(23-16(2)24-21)18-5-4-6-19(13-18)26-3/h4-10,12-14H,11H2,1-3H3,(H,23,24,25). The number of aryl methyl sites for hydroxylation is 2. The summed E-state index contributed by atoms with van der Waals surface area (Å²) in [6.07, 6.45) is 2.60. The van der Waals surface area contributed by atoms with Crippen LogP contribution < -0.4 is 10.2 Å². The maximum absolute atomic E-state index is 5.28. The minimum absolute atomic E-state index is 0.662. The number of nitrogens with zero attached hydrogens (tertiary/aromatic N) is 3. The number of rotatable bonds is 6. The number of aromatic nitrogens is 2. The van der Waals surface area contributed by atoms with E-state index in [-0.39, 0.29) is 0 Å². The van der Waals surface area contributed by atoms with Gasteiger partial charge in [0.25, 0.3) is 0 Å². The minimum Gasteiger partial charge on any atom is -0.497 e. The summed E-state index contributed by atoms with van der Waals surface area (Å²) < 4.78 is 5.28. The fourth-order valence-electron chi connectivity index (χ4n) is 2.54. The van der Waals surface area contributed by atoms with Gasteiger partial charge in [-0.15, -0.1) is 0 Å². The summed E-state index contributed by atoms with van der Waals surface area (Å²) in [5.74, 6) is 2.14. The predicted octanol–water partition coefficient (Wildman–Crippen LogP) is 4.41. The van der Waals surface area contributed by atoms with Crippen LogP contribution in [-0.2, 0) is 6.42 Å². The molecule has 0 aliphatic carbocycles. The Kier molecular flexibility index (Phi) is 5.59. The van der Waals surface area contributed by atoms with Gasteiger partial charge in [0.1, 0.15) is 17.4 Å². The van der Waals surface area contributed by atoms with Crippen molar-refractivity contribution >= 4 is 12.0 Å². The summed E-state index contributed by atoms with van der Waals surface area (Å²) in [4.78, 5) is 8.90. The van der Waals surface area contributed by atoms with Gasteiger partial charge >= 0.3 is 0 Å². The van der Waals surface area contributed by atoms with E-state index in [2.05, 4.69) is 51.7 Å². The van der Waals surface area contributed by atoms with Crippen LogP contribution in [0.5, 0.6) is 5.75 Å². The zero-order valence-electron chi connectivity index (χ0n) is 15.2. The first-order chi connectivity index (χ1) is 12.6. The largest absolute Gasteiger partial charge is 0.497 e. The van der Waals surface area contributed by atoms with E-state index in [0.717, 1.165) is 23.4 Å². The molecule has 0 amide bonds. The summed E-state index contributed by atoms with van der Waals surface area (Å²) in [6.45, 7) is 3.95. The van der Waals surface area contributed by atoms with Gasteiger partial charge in [0, 0.05) is 24.3 Å². The Morgan fingerprint density at radius 2 is 1.85 bits per heavy atom. The minimum atomic E-state index is 0.662. The SMILES string of the molecule is COc1cccc(-c2cc(NN=CCc3ccc(C)cc3)nc(C)n2)c1. The Labute approximate surface area is 153 Å². The Morgan fingerprint density at radius 3 is 2.62 bits per heavy atom. The molecule has 0 bridgehead atoms.